The van der Waals surface area contributed by atoms with Gasteiger partial charge in [0, 0.05) is 25.1 Å². The molecule has 2 rings (SSSR count). The summed E-state index contributed by atoms with van der Waals surface area (Å²) in [4.78, 5) is 13.8. The van der Waals surface area contributed by atoms with Crippen LogP contribution in [0.3, 0.4) is 0 Å². The van der Waals surface area contributed by atoms with Crippen LogP contribution >= 0.6 is 0 Å². The Balaban J connectivity index is 2.02. The van der Waals surface area contributed by atoms with Crippen molar-refractivity contribution in [3.05, 3.63) is 29.8 Å². The fourth-order valence-corrected chi connectivity index (χ4v) is 3.17. The molecule has 1 aliphatic rings. The maximum Gasteiger partial charge on any atom is 0.573 e. The van der Waals surface area contributed by atoms with Gasteiger partial charge in [-0.05, 0) is 57.7 Å². The monoisotopic (exact) mass is 389 g/mol. The highest BCUT2D eigenvalue weighted by molar-refractivity contribution is 5.68. The summed E-state index contributed by atoms with van der Waals surface area (Å²) in [6.07, 6.45) is -3.66. The second-order valence-electron chi connectivity index (χ2n) is 8.00. The number of aliphatic hydroxyl groups excluding tert-OH is 1. The average molecular weight is 389 g/mol. The molecular weight excluding hydrogens is 363 g/mol. The standard InChI is InChI=1S/C19H26F3NO4/c1-17(2,3)27-16(25)23-9-7-18(13-24,8-10-23)12-14-5-4-6-15(11-14)26-19(20,21)22/h4-6,11,24H,7-10,12-13H2,1-3H3. The summed E-state index contributed by atoms with van der Waals surface area (Å²) >= 11 is 0. The Labute approximate surface area is 157 Å². The van der Waals surface area contributed by atoms with Crippen molar-refractivity contribution in [3.63, 3.8) is 0 Å². The molecule has 1 aromatic rings. The van der Waals surface area contributed by atoms with E-state index in [1.54, 1.807) is 31.7 Å². The maximum atomic E-state index is 12.4. The van der Waals surface area contributed by atoms with Crippen LogP contribution < -0.4 is 4.74 Å². The van der Waals surface area contributed by atoms with Crippen LogP contribution in [0.4, 0.5) is 18.0 Å². The van der Waals surface area contributed by atoms with Gasteiger partial charge in [-0.1, -0.05) is 12.1 Å². The molecule has 152 valence electrons. The van der Waals surface area contributed by atoms with Gasteiger partial charge in [-0.2, -0.15) is 0 Å². The molecule has 0 spiro atoms. The van der Waals surface area contributed by atoms with Crippen LogP contribution in [0.25, 0.3) is 0 Å². The number of carbonyl (C=O) groups excluding carboxylic acids is 1. The summed E-state index contributed by atoms with van der Waals surface area (Å²) in [5, 5.41) is 9.92. The number of ether oxygens (including phenoxy) is 2. The Morgan fingerprint density at radius 3 is 2.37 bits per heavy atom. The van der Waals surface area contributed by atoms with Crippen molar-refractivity contribution in [2.45, 2.75) is 52.0 Å². The SMILES string of the molecule is CC(C)(C)OC(=O)N1CCC(CO)(Cc2cccc(OC(F)(F)F)c2)CC1. The van der Waals surface area contributed by atoms with Crippen LogP contribution in [0.15, 0.2) is 24.3 Å². The molecule has 1 heterocycles. The van der Waals surface area contributed by atoms with Crippen molar-refractivity contribution in [2.75, 3.05) is 19.7 Å². The zero-order chi connectivity index (χ0) is 20.3. The Bertz CT molecular complexity index is 647. The molecule has 1 N–H and O–H groups in total. The first-order valence-electron chi connectivity index (χ1n) is 8.85. The van der Waals surface area contributed by atoms with E-state index >= 15 is 0 Å². The fourth-order valence-electron chi connectivity index (χ4n) is 3.17. The van der Waals surface area contributed by atoms with Crippen molar-refractivity contribution in [1.82, 2.24) is 4.90 Å². The predicted octanol–water partition coefficient (Wildman–Crippen LogP) is 4.14. The number of carbonyl (C=O) groups is 1. The maximum absolute atomic E-state index is 12.4. The number of aliphatic hydroxyl groups is 1. The van der Waals surface area contributed by atoms with Crippen LogP contribution in [-0.4, -0.2) is 47.8 Å². The first-order valence-corrected chi connectivity index (χ1v) is 8.85. The minimum atomic E-state index is -4.74. The smallest absolute Gasteiger partial charge is 0.444 e. The normalized spacial score (nSPS) is 17.5. The molecule has 1 amide bonds. The largest absolute Gasteiger partial charge is 0.573 e. The Kier molecular flexibility index (Phi) is 6.29. The number of alkyl halides is 3. The number of halogens is 3. The molecule has 0 bridgehead atoms. The molecule has 0 unspecified atom stereocenters. The highest BCUT2D eigenvalue weighted by Crippen LogP contribution is 2.36. The number of benzene rings is 1. The molecule has 1 aliphatic heterocycles. The van der Waals surface area contributed by atoms with Crippen molar-refractivity contribution >= 4 is 6.09 Å². The lowest BCUT2D eigenvalue weighted by atomic mass is 9.74. The summed E-state index contributed by atoms with van der Waals surface area (Å²) < 4.78 is 46.5. The summed E-state index contributed by atoms with van der Waals surface area (Å²) in [5.74, 6) is -0.278. The molecule has 8 heteroatoms. The third-order valence-electron chi connectivity index (χ3n) is 4.52. The number of amides is 1. The Hall–Kier alpha value is -1.96. The van der Waals surface area contributed by atoms with E-state index in [0.29, 0.717) is 37.9 Å². The van der Waals surface area contributed by atoms with Gasteiger partial charge in [-0.15, -0.1) is 13.2 Å². The molecule has 0 aliphatic carbocycles. The van der Waals surface area contributed by atoms with Gasteiger partial charge in [0.2, 0.25) is 0 Å². The van der Waals surface area contributed by atoms with Crippen LogP contribution in [0, 0.1) is 5.41 Å². The van der Waals surface area contributed by atoms with Gasteiger partial charge in [0.15, 0.2) is 0 Å². The first kappa shape index (κ1) is 21.3. The van der Waals surface area contributed by atoms with E-state index in [-0.39, 0.29) is 12.4 Å². The zero-order valence-electron chi connectivity index (χ0n) is 15.8. The molecule has 0 atom stereocenters. The summed E-state index contributed by atoms with van der Waals surface area (Å²) in [6, 6.07) is 5.79. The van der Waals surface area contributed by atoms with Gasteiger partial charge in [-0.3, -0.25) is 0 Å². The molecule has 5 nitrogen and oxygen atoms in total. The average Bonchev–Trinajstić information content (AvgIpc) is 2.52. The fraction of sp³-hybridized carbons (Fsp3) is 0.632. The second-order valence-corrected chi connectivity index (χ2v) is 8.00. The lowest BCUT2D eigenvalue weighted by Crippen LogP contribution is -2.47. The van der Waals surface area contributed by atoms with Gasteiger partial charge in [-0.25, -0.2) is 4.79 Å². The van der Waals surface area contributed by atoms with E-state index in [4.69, 9.17) is 4.74 Å². The van der Waals surface area contributed by atoms with E-state index < -0.39 is 23.5 Å². The van der Waals surface area contributed by atoms with E-state index in [1.807, 2.05) is 0 Å². The molecule has 0 saturated carbocycles. The number of hydrogen-bond acceptors (Lipinski definition) is 4. The number of rotatable bonds is 4. The van der Waals surface area contributed by atoms with Crippen LogP contribution in [0.2, 0.25) is 0 Å². The number of nitrogens with zero attached hydrogens (tertiary/aromatic N) is 1. The molecule has 0 aromatic heterocycles. The molecule has 27 heavy (non-hydrogen) atoms. The summed E-state index contributed by atoms with van der Waals surface area (Å²) in [7, 11) is 0. The lowest BCUT2D eigenvalue weighted by molar-refractivity contribution is -0.274. The molecular formula is C19H26F3NO4. The molecule has 0 radical (unpaired) electrons. The third-order valence-corrected chi connectivity index (χ3v) is 4.52. The van der Waals surface area contributed by atoms with E-state index in [1.165, 1.54) is 18.2 Å². The number of piperidine rings is 1. The van der Waals surface area contributed by atoms with Gasteiger partial charge in [0.25, 0.3) is 0 Å². The van der Waals surface area contributed by atoms with E-state index in [2.05, 4.69) is 4.74 Å². The van der Waals surface area contributed by atoms with Crippen LogP contribution in [-0.2, 0) is 11.2 Å². The highest BCUT2D eigenvalue weighted by Gasteiger charge is 2.37. The zero-order valence-corrected chi connectivity index (χ0v) is 15.8. The third kappa shape index (κ3) is 6.61. The Morgan fingerprint density at radius 2 is 1.85 bits per heavy atom. The van der Waals surface area contributed by atoms with E-state index in [9.17, 15) is 23.1 Å². The van der Waals surface area contributed by atoms with Gasteiger partial charge >= 0.3 is 12.5 Å². The van der Waals surface area contributed by atoms with Crippen molar-refractivity contribution < 1.29 is 32.5 Å². The summed E-state index contributed by atoms with van der Waals surface area (Å²) in [6.45, 7) is 6.12. The van der Waals surface area contributed by atoms with E-state index in [0.717, 1.165) is 0 Å². The van der Waals surface area contributed by atoms with Gasteiger partial charge in [0.05, 0.1) is 0 Å². The predicted molar refractivity (Wildman–Crippen MR) is 93.4 cm³/mol. The quantitative estimate of drug-likeness (QED) is 0.841. The number of hydrogen-bond donors (Lipinski definition) is 1. The topological polar surface area (TPSA) is 59.0 Å². The minimum absolute atomic E-state index is 0.112. The molecule has 1 fully saturated rings. The van der Waals surface area contributed by atoms with Crippen molar-refractivity contribution in [3.8, 4) is 5.75 Å². The van der Waals surface area contributed by atoms with Crippen molar-refractivity contribution in [2.24, 2.45) is 5.41 Å². The van der Waals surface area contributed by atoms with Gasteiger partial charge < -0.3 is 19.5 Å². The van der Waals surface area contributed by atoms with Crippen LogP contribution in [0.1, 0.15) is 39.2 Å². The number of likely N-dealkylation sites (tertiary alicyclic amines) is 1. The molecule has 1 saturated heterocycles. The van der Waals surface area contributed by atoms with Gasteiger partial charge in [0.1, 0.15) is 11.4 Å². The Morgan fingerprint density at radius 1 is 1.22 bits per heavy atom. The second kappa shape index (κ2) is 7.96. The molecule has 1 aromatic carbocycles. The van der Waals surface area contributed by atoms with Crippen molar-refractivity contribution in [1.29, 1.82) is 0 Å². The lowest BCUT2D eigenvalue weighted by Gasteiger charge is -2.41. The highest BCUT2D eigenvalue weighted by atomic mass is 19.4. The minimum Gasteiger partial charge on any atom is -0.444 e. The first-order chi connectivity index (χ1) is 12.4. The van der Waals surface area contributed by atoms with Crippen LogP contribution in [0.5, 0.6) is 5.75 Å². The summed E-state index contributed by atoms with van der Waals surface area (Å²) in [5.41, 5.74) is -0.423.